The van der Waals surface area contributed by atoms with Crippen molar-refractivity contribution < 1.29 is 19.1 Å². The second-order valence-corrected chi connectivity index (χ2v) is 8.58. The summed E-state index contributed by atoms with van der Waals surface area (Å²) in [6.07, 6.45) is 0.834. The van der Waals surface area contributed by atoms with Crippen LogP contribution in [0.3, 0.4) is 0 Å². The molecule has 2 heterocycles. The number of aromatic carboxylic acids is 1. The molecule has 0 spiro atoms. The summed E-state index contributed by atoms with van der Waals surface area (Å²) in [5.41, 5.74) is -0.168. The Bertz CT molecular complexity index is 1540. The van der Waals surface area contributed by atoms with Crippen LogP contribution in [0.5, 0.6) is 5.75 Å². The Morgan fingerprint density at radius 3 is 2.50 bits per heavy atom. The first-order valence-corrected chi connectivity index (χ1v) is 11.2. The molecular weight excluding hydrogens is 490 g/mol. The molecule has 0 aliphatic heterocycles. The number of benzene rings is 2. The molecule has 0 saturated heterocycles. The van der Waals surface area contributed by atoms with Gasteiger partial charge >= 0.3 is 23.4 Å². The summed E-state index contributed by atoms with van der Waals surface area (Å²) >= 11 is 5.98. The normalized spacial score (nSPS) is 11.0. The molecule has 0 radical (unpaired) electrons. The number of carbonyl (C=O) groups is 1. The van der Waals surface area contributed by atoms with Crippen molar-refractivity contribution in [2.45, 2.75) is 33.4 Å². The molecule has 2 aromatic carbocycles. The number of hydrogen-bond donors (Lipinski definition) is 2. The standard InChI is InChI=1S/C24H22ClN5O6/c1-13(2)36-19-9-8-17(10-14(19)3)26-21-28-22(33)30(23-27-18(12-35-23)20(31)32)24(34)29(21)11-15-4-6-16(25)7-5-15/h4-10,12-13H,11H2,1-3H3,(H,31,32)(H,26,28,33). The summed E-state index contributed by atoms with van der Waals surface area (Å²) in [5.74, 6) is -0.695. The van der Waals surface area contributed by atoms with Gasteiger partial charge in [0.2, 0.25) is 5.95 Å². The average molecular weight is 512 g/mol. The molecule has 0 aliphatic rings. The Kier molecular flexibility index (Phi) is 6.93. The van der Waals surface area contributed by atoms with E-state index in [-0.39, 0.29) is 18.6 Å². The number of rotatable bonds is 8. The van der Waals surface area contributed by atoms with E-state index in [9.17, 15) is 14.4 Å². The van der Waals surface area contributed by atoms with Gasteiger partial charge in [0.1, 0.15) is 12.0 Å². The van der Waals surface area contributed by atoms with Gasteiger partial charge in [-0.25, -0.2) is 14.4 Å². The maximum absolute atomic E-state index is 13.4. The molecule has 2 N–H and O–H groups in total. The molecule has 0 atom stereocenters. The fraction of sp³-hybridized carbons (Fsp3) is 0.208. The lowest BCUT2D eigenvalue weighted by Gasteiger charge is -2.16. The van der Waals surface area contributed by atoms with Crippen molar-refractivity contribution >= 4 is 29.2 Å². The van der Waals surface area contributed by atoms with E-state index in [1.165, 1.54) is 4.57 Å². The maximum Gasteiger partial charge on any atom is 0.363 e. The van der Waals surface area contributed by atoms with Gasteiger partial charge in [-0.15, -0.1) is 0 Å². The molecule has 4 rings (SSSR count). The van der Waals surface area contributed by atoms with Gasteiger partial charge < -0.3 is 19.6 Å². The predicted octanol–water partition coefficient (Wildman–Crippen LogP) is 3.62. The Labute approximate surface area is 209 Å². The Morgan fingerprint density at radius 1 is 1.17 bits per heavy atom. The second-order valence-electron chi connectivity index (χ2n) is 8.14. The van der Waals surface area contributed by atoms with Gasteiger partial charge in [-0.1, -0.05) is 23.7 Å². The van der Waals surface area contributed by atoms with Crippen molar-refractivity contribution in [2.75, 3.05) is 5.32 Å². The molecule has 11 nitrogen and oxygen atoms in total. The van der Waals surface area contributed by atoms with Crippen molar-refractivity contribution in [1.29, 1.82) is 0 Å². The van der Waals surface area contributed by atoms with Crippen LogP contribution >= 0.6 is 11.6 Å². The first-order valence-electron chi connectivity index (χ1n) is 10.8. The zero-order chi connectivity index (χ0) is 26.0. The minimum Gasteiger partial charge on any atom is -0.491 e. The number of aromatic nitrogens is 4. The van der Waals surface area contributed by atoms with Crippen LogP contribution in [0.2, 0.25) is 5.02 Å². The smallest absolute Gasteiger partial charge is 0.363 e. The van der Waals surface area contributed by atoms with E-state index in [1.54, 1.807) is 42.5 Å². The quantitative estimate of drug-likeness (QED) is 0.362. The molecule has 0 unspecified atom stereocenters. The highest BCUT2D eigenvalue weighted by atomic mass is 35.5. The molecule has 4 aromatic rings. The van der Waals surface area contributed by atoms with E-state index in [1.807, 2.05) is 20.8 Å². The van der Waals surface area contributed by atoms with Gasteiger partial charge in [0.25, 0.3) is 0 Å². The summed E-state index contributed by atoms with van der Waals surface area (Å²) in [6.45, 7) is 5.74. The van der Waals surface area contributed by atoms with Gasteiger partial charge in [-0.3, -0.25) is 4.57 Å². The van der Waals surface area contributed by atoms with Gasteiger partial charge in [0.05, 0.1) is 12.6 Å². The molecule has 36 heavy (non-hydrogen) atoms. The number of ether oxygens (including phenoxy) is 1. The minimum absolute atomic E-state index is 0.00169. The van der Waals surface area contributed by atoms with Crippen LogP contribution in [0.25, 0.3) is 6.01 Å². The number of anilines is 2. The third-order valence-corrected chi connectivity index (χ3v) is 5.27. The number of nitrogens with zero attached hydrogens (tertiary/aromatic N) is 4. The van der Waals surface area contributed by atoms with Crippen LogP contribution in [0, 0.1) is 6.92 Å². The number of carboxylic acids is 1. The summed E-state index contributed by atoms with van der Waals surface area (Å²) in [7, 11) is 0. The monoisotopic (exact) mass is 511 g/mol. The van der Waals surface area contributed by atoms with Gasteiger partial charge in [-0.2, -0.15) is 14.5 Å². The van der Waals surface area contributed by atoms with Crippen molar-refractivity contribution in [1.82, 2.24) is 19.1 Å². The maximum atomic E-state index is 13.4. The number of halogens is 1. The van der Waals surface area contributed by atoms with Crippen LogP contribution in [-0.4, -0.2) is 36.3 Å². The van der Waals surface area contributed by atoms with Crippen LogP contribution in [0.15, 0.2) is 62.7 Å². The Morgan fingerprint density at radius 2 is 1.89 bits per heavy atom. The highest BCUT2D eigenvalue weighted by Crippen LogP contribution is 2.24. The first kappa shape index (κ1) is 24.7. The fourth-order valence-corrected chi connectivity index (χ4v) is 3.50. The summed E-state index contributed by atoms with van der Waals surface area (Å²) < 4.78 is 12.6. The summed E-state index contributed by atoms with van der Waals surface area (Å²) in [5, 5.41) is 12.7. The van der Waals surface area contributed by atoms with Crippen LogP contribution in [0.1, 0.15) is 35.5 Å². The van der Waals surface area contributed by atoms with Crippen LogP contribution in [0.4, 0.5) is 11.6 Å². The van der Waals surface area contributed by atoms with E-state index >= 15 is 0 Å². The van der Waals surface area contributed by atoms with E-state index in [4.69, 9.17) is 25.9 Å². The highest BCUT2D eigenvalue weighted by Gasteiger charge is 2.20. The lowest BCUT2D eigenvalue weighted by molar-refractivity contribution is 0.0690. The topological polar surface area (TPSA) is 141 Å². The molecular formula is C24H22ClN5O6. The average Bonchev–Trinajstić information content (AvgIpc) is 3.29. The largest absolute Gasteiger partial charge is 0.491 e. The third kappa shape index (κ3) is 5.31. The SMILES string of the molecule is Cc1cc(Nc2nc(=O)n(-c3nc(C(=O)O)co3)c(=O)n2Cc2ccc(Cl)cc2)ccc1OC(C)C. The number of oxazole rings is 1. The van der Waals surface area contributed by atoms with Crippen molar-refractivity contribution in [3.8, 4) is 11.8 Å². The zero-order valence-corrected chi connectivity index (χ0v) is 20.3. The minimum atomic E-state index is -1.37. The van der Waals surface area contributed by atoms with Gasteiger partial charge in [0, 0.05) is 10.7 Å². The molecule has 0 aliphatic carbocycles. The number of carboxylic acid groups (broad SMARTS) is 1. The summed E-state index contributed by atoms with van der Waals surface area (Å²) in [6, 6.07) is 11.6. The van der Waals surface area contributed by atoms with E-state index in [2.05, 4.69) is 15.3 Å². The first-order chi connectivity index (χ1) is 17.1. The number of nitrogens with one attached hydrogen (secondary N) is 1. The molecule has 186 valence electrons. The van der Waals surface area contributed by atoms with E-state index < -0.39 is 29.1 Å². The van der Waals surface area contributed by atoms with Crippen LogP contribution in [-0.2, 0) is 6.54 Å². The number of aryl methyl sites for hydroxylation is 1. The second kappa shape index (κ2) is 10.1. The van der Waals surface area contributed by atoms with Crippen molar-refractivity contribution in [3.05, 3.63) is 91.5 Å². The lowest BCUT2D eigenvalue weighted by Crippen LogP contribution is -2.42. The molecule has 12 heteroatoms. The molecule has 0 saturated carbocycles. The van der Waals surface area contributed by atoms with Gasteiger partial charge in [-0.05, 0) is 62.2 Å². The van der Waals surface area contributed by atoms with E-state index in [0.717, 1.165) is 11.8 Å². The van der Waals surface area contributed by atoms with Crippen LogP contribution < -0.4 is 21.4 Å². The Hall–Kier alpha value is -4.38. The van der Waals surface area contributed by atoms with Gasteiger partial charge in [0.15, 0.2) is 5.69 Å². The lowest BCUT2D eigenvalue weighted by atomic mass is 10.2. The highest BCUT2D eigenvalue weighted by molar-refractivity contribution is 6.30. The predicted molar refractivity (Wildman–Crippen MR) is 132 cm³/mol. The zero-order valence-electron chi connectivity index (χ0n) is 19.6. The molecule has 0 bridgehead atoms. The summed E-state index contributed by atoms with van der Waals surface area (Å²) in [4.78, 5) is 45.2. The van der Waals surface area contributed by atoms with Crippen molar-refractivity contribution in [2.24, 2.45) is 0 Å². The Balaban J connectivity index is 1.80. The molecule has 2 aromatic heterocycles. The molecule has 0 fully saturated rings. The molecule has 0 amide bonds. The third-order valence-electron chi connectivity index (χ3n) is 5.02. The van der Waals surface area contributed by atoms with E-state index in [0.29, 0.717) is 26.6 Å². The number of hydrogen-bond acceptors (Lipinski definition) is 8. The van der Waals surface area contributed by atoms with Crippen molar-refractivity contribution in [3.63, 3.8) is 0 Å². The fourth-order valence-electron chi connectivity index (χ4n) is 3.38.